The second-order valence-electron chi connectivity index (χ2n) is 5.24. The lowest BCUT2D eigenvalue weighted by Crippen LogP contribution is -2.43. The summed E-state index contributed by atoms with van der Waals surface area (Å²) in [6, 6.07) is 10.2. The summed E-state index contributed by atoms with van der Waals surface area (Å²) in [4.78, 5) is 20.2. The highest BCUT2D eigenvalue weighted by Crippen LogP contribution is 2.38. The number of aromatic nitrogens is 2. The third kappa shape index (κ3) is 2.41. The number of benzene rings is 1. The molecule has 1 fully saturated rings. The van der Waals surface area contributed by atoms with Crippen molar-refractivity contribution in [1.82, 2.24) is 15.3 Å². The van der Waals surface area contributed by atoms with Gasteiger partial charge in [0, 0.05) is 12.4 Å². The van der Waals surface area contributed by atoms with Crippen LogP contribution in [0.5, 0.6) is 0 Å². The fourth-order valence-electron chi connectivity index (χ4n) is 2.93. The Kier molecular flexibility index (Phi) is 3.46. The third-order valence-electron chi connectivity index (χ3n) is 3.96. The van der Waals surface area contributed by atoms with Crippen molar-refractivity contribution in [1.29, 1.82) is 0 Å². The summed E-state index contributed by atoms with van der Waals surface area (Å²) in [5.74, 6) is -0.101. The van der Waals surface area contributed by atoms with Crippen LogP contribution in [-0.4, -0.2) is 15.9 Å². The van der Waals surface area contributed by atoms with Crippen LogP contribution >= 0.6 is 0 Å². The smallest absolute Gasteiger partial charge is 0.255 e. The van der Waals surface area contributed by atoms with Gasteiger partial charge in [-0.05, 0) is 18.4 Å². The molecule has 0 spiro atoms. The van der Waals surface area contributed by atoms with Gasteiger partial charge in [0.1, 0.15) is 6.33 Å². The fraction of sp³-hybridized carbons (Fsp3) is 0.312. The van der Waals surface area contributed by atoms with Crippen LogP contribution in [0.3, 0.4) is 0 Å². The van der Waals surface area contributed by atoms with Crippen molar-refractivity contribution in [3.8, 4) is 0 Å². The minimum atomic E-state index is -0.242. The molecule has 0 radical (unpaired) electrons. The van der Waals surface area contributed by atoms with E-state index in [1.54, 1.807) is 12.4 Å². The Morgan fingerprint density at radius 1 is 1.05 bits per heavy atom. The Bertz CT molecular complexity index is 577. The summed E-state index contributed by atoms with van der Waals surface area (Å²) in [6.07, 6.45) is 8.78. The van der Waals surface area contributed by atoms with E-state index in [4.69, 9.17) is 0 Å². The Hall–Kier alpha value is -2.23. The second kappa shape index (κ2) is 5.41. The minimum Gasteiger partial charge on any atom is -0.342 e. The molecule has 20 heavy (non-hydrogen) atoms. The molecule has 0 aliphatic heterocycles. The number of nitrogens with zero attached hydrogens (tertiary/aromatic N) is 2. The van der Waals surface area contributed by atoms with Gasteiger partial charge in [-0.2, -0.15) is 0 Å². The van der Waals surface area contributed by atoms with Crippen molar-refractivity contribution in [3.05, 3.63) is 60.2 Å². The maximum Gasteiger partial charge on any atom is 0.255 e. The molecule has 2 aromatic rings. The monoisotopic (exact) mass is 267 g/mol. The zero-order valence-electron chi connectivity index (χ0n) is 11.2. The molecule has 1 N–H and O–H groups in total. The molecule has 4 heteroatoms. The van der Waals surface area contributed by atoms with Gasteiger partial charge in [0.2, 0.25) is 0 Å². The predicted octanol–water partition coefficient (Wildman–Crippen LogP) is 2.68. The lowest BCUT2D eigenvalue weighted by atomic mass is 9.88. The highest BCUT2D eigenvalue weighted by molar-refractivity contribution is 5.94. The molecule has 1 aromatic carbocycles. The summed E-state index contributed by atoms with van der Waals surface area (Å²) in [5, 5.41) is 3.21. The van der Waals surface area contributed by atoms with Crippen LogP contribution in [0.2, 0.25) is 0 Å². The van der Waals surface area contributed by atoms with Gasteiger partial charge < -0.3 is 5.32 Å². The zero-order chi connectivity index (χ0) is 13.8. The summed E-state index contributed by atoms with van der Waals surface area (Å²) >= 11 is 0. The Labute approximate surface area is 118 Å². The molecule has 1 heterocycles. The summed E-state index contributed by atoms with van der Waals surface area (Å²) < 4.78 is 0. The van der Waals surface area contributed by atoms with Crippen molar-refractivity contribution in [2.75, 3.05) is 0 Å². The van der Waals surface area contributed by atoms with E-state index >= 15 is 0 Å². The van der Waals surface area contributed by atoms with Crippen molar-refractivity contribution in [3.63, 3.8) is 0 Å². The van der Waals surface area contributed by atoms with Crippen LogP contribution in [0.4, 0.5) is 0 Å². The first-order chi connectivity index (χ1) is 9.80. The number of amides is 1. The molecule has 0 bridgehead atoms. The van der Waals surface area contributed by atoms with Crippen LogP contribution in [0.15, 0.2) is 49.1 Å². The van der Waals surface area contributed by atoms with E-state index < -0.39 is 0 Å². The van der Waals surface area contributed by atoms with Gasteiger partial charge in [-0.25, -0.2) is 9.97 Å². The van der Waals surface area contributed by atoms with E-state index in [-0.39, 0.29) is 11.4 Å². The molecule has 1 aliphatic carbocycles. The first-order valence-electron chi connectivity index (χ1n) is 6.93. The molecular formula is C16H17N3O. The molecule has 3 rings (SSSR count). The molecule has 0 atom stereocenters. The van der Waals surface area contributed by atoms with Crippen LogP contribution in [0, 0.1) is 0 Å². The van der Waals surface area contributed by atoms with Gasteiger partial charge >= 0.3 is 0 Å². The molecule has 1 aromatic heterocycles. The first-order valence-corrected chi connectivity index (χ1v) is 6.93. The third-order valence-corrected chi connectivity index (χ3v) is 3.96. The van der Waals surface area contributed by atoms with Crippen LogP contribution in [0.25, 0.3) is 0 Å². The van der Waals surface area contributed by atoms with Crippen molar-refractivity contribution in [2.24, 2.45) is 0 Å². The first kappa shape index (κ1) is 12.8. The molecule has 1 saturated carbocycles. The number of hydrogen-bond donors (Lipinski definition) is 1. The lowest BCUT2D eigenvalue weighted by molar-refractivity contribution is 0.0897. The molecule has 4 nitrogen and oxygen atoms in total. The predicted molar refractivity (Wildman–Crippen MR) is 76.1 cm³/mol. The van der Waals surface area contributed by atoms with Crippen LogP contribution in [-0.2, 0) is 5.54 Å². The minimum absolute atomic E-state index is 0.101. The van der Waals surface area contributed by atoms with Gasteiger partial charge in [0.15, 0.2) is 0 Å². The second-order valence-corrected chi connectivity index (χ2v) is 5.24. The Morgan fingerprint density at radius 3 is 2.35 bits per heavy atom. The molecule has 1 amide bonds. The fourth-order valence-corrected chi connectivity index (χ4v) is 2.93. The normalized spacial score (nSPS) is 16.8. The van der Waals surface area contributed by atoms with E-state index in [1.165, 1.54) is 11.9 Å². The molecule has 0 unspecified atom stereocenters. The van der Waals surface area contributed by atoms with Gasteiger partial charge in [-0.15, -0.1) is 0 Å². The van der Waals surface area contributed by atoms with Crippen molar-refractivity contribution >= 4 is 5.91 Å². The van der Waals surface area contributed by atoms with Gasteiger partial charge in [0.05, 0.1) is 11.1 Å². The topological polar surface area (TPSA) is 54.9 Å². The van der Waals surface area contributed by atoms with E-state index in [0.29, 0.717) is 5.56 Å². The lowest BCUT2D eigenvalue weighted by Gasteiger charge is -2.31. The Morgan fingerprint density at radius 2 is 1.70 bits per heavy atom. The van der Waals surface area contributed by atoms with Gasteiger partial charge in [-0.3, -0.25) is 4.79 Å². The van der Waals surface area contributed by atoms with E-state index in [9.17, 15) is 4.79 Å². The SMILES string of the molecule is O=C(NC1(c2ccccc2)CCCC1)c1cncnc1. The largest absolute Gasteiger partial charge is 0.342 e. The average molecular weight is 267 g/mol. The van der Waals surface area contributed by atoms with Crippen molar-refractivity contribution in [2.45, 2.75) is 31.2 Å². The molecule has 102 valence electrons. The molecule has 1 aliphatic rings. The maximum absolute atomic E-state index is 12.4. The van der Waals surface area contributed by atoms with E-state index in [2.05, 4.69) is 27.4 Å². The highest BCUT2D eigenvalue weighted by Gasteiger charge is 2.37. The number of carbonyl (C=O) groups excluding carboxylic acids is 1. The summed E-state index contributed by atoms with van der Waals surface area (Å²) in [5.41, 5.74) is 1.45. The van der Waals surface area contributed by atoms with Crippen LogP contribution in [0.1, 0.15) is 41.6 Å². The summed E-state index contributed by atoms with van der Waals surface area (Å²) in [6.45, 7) is 0. The van der Waals surface area contributed by atoms with E-state index in [1.807, 2.05) is 18.2 Å². The number of nitrogens with one attached hydrogen (secondary N) is 1. The van der Waals surface area contributed by atoms with Crippen LogP contribution < -0.4 is 5.32 Å². The summed E-state index contributed by atoms with van der Waals surface area (Å²) in [7, 11) is 0. The standard InChI is InChI=1S/C16H17N3O/c20-15(13-10-17-12-18-11-13)19-16(8-4-5-9-16)14-6-2-1-3-7-14/h1-3,6-7,10-12H,4-5,8-9H2,(H,19,20). The number of carbonyl (C=O) groups is 1. The highest BCUT2D eigenvalue weighted by atomic mass is 16.1. The quantitative estimate of drug-likeness (QED) is 0.930. The van der Waals surface area contributed by atoms with E-state index in [0.717, 1.165) is 25.7 Å². The zero-order valence-corrected chi connectivity index (χ0v) is 11.2. The molecular weight excluding hydrogens is 250 g/mol. The van der Waals surface area contributed by atoms with Gasteiger partial charge in [-0.1, -0.05) is 43.2 Å². The maximum atomic E-state index is 12.4. The van der Waals surface area contributed by atoms with Gasteiger partial charge in [0.25, 0.3) is 5.91 Å². The number of rotatable bonds is 3. The Balaban J connectivity index is 1.87. The van der Waals surface area contributed by atoms with Crippen molar-refractivity contribution < 1.29 is 4.79 Å². The molecule has 0 saturated heterocycles. The number of hydrogen-bond acceptors (Lipinski definition) is 3. The average Bonchev–Trinajstić information content (AvgIpc) is 2.99.